The van der Waals surface area contributed by atoms with Gasteiger partial charge in [0.05, 0.1) is 0 Å². The van der Waals surface area contributed by atoms with Gasteiger partial charge in [0, 0.05) is 4.65 Å². The number of benzene rings is 1. The van der Waals surface area contributed by atoms with Gasteiger partial charge in [0.15, 0.2) is 0 Å². The molecule has 0 spiro atoms. The van der Waals surface area contributed by atoms with Crippen LogP contribution in [0.25, 0.3) is 0 Å². The molecule has 0 atom stereocenters. The summed E-state index contributed by atoms with van der Waals surface area (Å²) in [6, 6.07) is 10.4. The molecule has 0 aromatic heterocycles. The van der Waals surface area contributed by atoms with Crippen LogP contribution in [0.5, 0.6) is 0 Å². The van der Waals surface area contributed by atoms with Gasteiger partial charge in [0.2, 0.25) is 0 Å². The maximum atomic E-state index is 11.6. The Kier molecular flexibility index (Phi) is 7.22. The average molecular weight is 232 g/mol. The van der Waals surface area contributed by atoms with Crippen molar-refractivity contribution in [1.29, 1.82) is 0 Å². The van der Waals surface area contributed by atoms with Gasteiger partial charge in [0.1, 0.15) is 0 Å². The minimum Gasteiger partial charge on any atom is -0.321 e. The number of hydrogen-bond acceptors (Lipinski definition) is 1. The molecule has 0 fully saturated rings. The maximum absolute atomic E-state index is 11.6. The van der Waals surface area contributed by atoms with Gasteiger partial charge in [-0.1, -0.05) is 55.4 Å². The zero-order chi connectivity index (χ0) is 11.6. The molecule has 0 saturated heterocycles. The van der Waals surface area contributed by atoms with Crippen LogP contribution in [0, 0.1) is 0 Å². The van der Waals surface area contributed by atoms with Gasteiger partial charge >= 0.3 is 15.2 Å². The second-order valence-corrected chi connectivity index (χ2v) is 6.33. The molecule has 0 saturated carbocycles. The summed E-state index contributed by atoms with van der Waals surface area (Å²) in [5.74, 6) is 0. The van der Waals surface area contributed by atoms with E-state index in [9.17, 15) is 4.79 Å². The Morgan fingerprint density at radius 3 is 2.62 bits per heavy atom. The van der Waals surface area contributed by atoms with Crippen molar-refractivity contribution in [2.75, 3.05) is 0 Å². The lowest BCUT2D eigenvalue weighted by molar-refractivity contribution is -0.112. The summed E-state index contributed by atoms with van der Waals surface area (Å²) in [5.41, 5.74) is 1.35. The molecule has 0 aliphatic carbocycles. The van der Waals surface area contributed by atoms with E-state index in [-0.39, 0.29) is 0 Å². The molecule has 2 heteroatoms. The first-order chi connectivity index (χ1) is 7.83. The molecule has 0 N–H and O–H groups in total. The Hall–Kier alpha value is -0.578. The molecule has 0 aliphatic rings. The molecule has 0 aliphatic heterocycles. The third-order valence-corrected chi connectivity index (χ3v) is 4.59. The van der Waals surface area contributed by atoms with Gasteiger partial charge in [-0.05, 0) is 24.8 Å². The fourth-order valence-electron chi connectivity index (χ4n) is 1.83. The summed E-state index contributed by atoms with van der Waals surface area (Å²) in [5, 5.41) is 1.21. The predicted molar refractivity (Wildman–Crippen MR) is 71.3 cm³/mol. The third kappa shape index (κ3) is 6.10. The highest BCUT2D eigenvalue weighted by atomic mass is 27.1. The van der Waals surface area contributed by atoms with Crippen LogP contribution in [0.3, 0.4) is 0 Å². The Labute approximate surface area is 105 Å². The summed E-state index contributed by atoms with van der Waals surface area (Å²) in [6.45, 7) is 2.19. The third-order valence-electron chi connectivity index (χ3n) is 2.82. The Balaban J connectivity index is 2.09. The van der Waals surface area contributed by atoms with Crippen molar-refractivity contribution in [3.8, 4) is 0 Å². The molecule has 1 aromatic carbocycles. The summed E-state index contributed by atoms with van der Waals surface area (Å²) in [6.07, 6.45) is 5.36. The van der Waals surface area contributed by atoms with E-state index in [0.29, 0.717) is 4.65 Å². The SMILES string of the molecule is CCC[CH2][AlH][C](=O)CCCc1ccccc1. The number of carbonyl (C=O) groups is 1. The first-order valence-corrected chi connectivity index (χ1v) is 8.09. The van der Waals surface area contributed by atoms with Crippen LogP contribution in [-0.2, 0) is 11.2 Å². The lowest BCUT2D eigenvalue weighted by Crippen LogP contribution is -2.08. The summed E-state index contributed by atoms with van der Waals surface area (Å²) in [4.78, 5) is 11.6. The van der Waals surface area contributed by atoms with Crippen molar-refractivity contribution in [2.45, 2.75) is 44.3 Å². The quantitative estimate of drug-likeness (QED) is 0.497. The van der Waals surface area contributed by atoms with E-state index in [1.807, 2.05) is 6.07 Å². The monoisotopic (exact) mass is 232 g/mol. The van der Waals surface area contributed by atoms with E-state index in [1.165, 1.54) is 23.7 Å². The normalized spacial score (nSPS) is 10.1. The molecule has 0 radical (unpaired) electrons. The van der Waals surface area contributed by atoms with Crippen LogP contribution in [0.2, 0.25) is 5.28 Å². The molecular formula is C14H21AlO. The number of unbranched alkanes of at least 4 members (excludes halogenated alkanes) is 1. The lowest BCUT2D eigenvalue weighted by Gasteiger charge is -2.00. The second kappa shape index (κ2) is 8.56. The molecule has 86 valence electrons. The Morgan fingerprint density at radius 2 is 1.94 bits per heavy atom. The van der Waals surface area contributed by atoms with Crippen molar-refractivity contribution < 1.29 is 4.79 Å². The zero-order valence-corrected chi connectivity index (χ0v) is 11.7. The highest BCUT2D eigenvalue weighted by Gasteiger charge is 2.04. The topological polar surface area (TPSA) is 17.1 Å². The predicted octanol–water partition coefficient (Wildman–Crippen LogP) is 3.19. The van der Waals surface area contributed by atoms with Crippen molar-refractivity contribution in [3.63, 3.8) is 0 Å². The maximum Gasteiger partial charge on any atom is 0.342 e. The highest BCUT2D eigenvalue weighted by Crippen LogP contribution is 2.05. The van der Waals surface area contributed by atoms with E-state index >= 15 is 0 Å². The molecule has 16 heavy (non-hydrogen) atoms. The smallest absolute Gasteiger partial charge is 0.321 e. The van der Waals surface area contributed by atoms with Gasteiger partial charge in [-0.15, -0.1) is 0 Å². The van der Waals surface area contributed by atoms with Crippen molar-refractivity contribution >= 4 is 19.9 Å². The molecule has 0 bridgehead atoms. The average Bonchev–Trinajstić information content (AvgIpc) is 2.31. The van der Waals surface area contributed by atoms with E-state index < -0.39 is 15.2 Å². The summed E-state index contributed by atoms with van der Waals surface area (Å²) < 4.78 is 0.574. The van der Waals surface area contributed by atoms with Crippen LogP contribution in [-0.4, -0.2) is 19.9 Å². The van der Waals surface area contributed by atoms with Gasteiger partial charge in [-0.2, -0.15) is 0 Å². The number of carbonyl (C=O) groups excluding carboxylic acids is 1. The summed E-state index contributed by atoms with van der Waals surface area (Å²) >= 11 is -0.414. The van der Waals surface area contributed by atoms with Crippen molar-refractivity contribution in [2.24, 2.45) is 0 Å². The molecule has 1 aromatic rings. The molecule has 0 unspecified atom stereocenters. The van der Waals surface area contributed by atoms with Crippen LogP contribution in [0.4, 0.5) is 0 Å². The van der Waals surface area contributed by atoms with E-state index in [1.54, 1.807) is 0 Å². The molecule has 0 amide bonds. The fourth-order valence-corrected chi connectivity index (χ4v) is 3.48. The van der Waals surface area contributed by atoms with Gasteiger partial charge < -0.3 is 4.79 Å². The lowest BCUT2D eigenvalue weighted by atomic mass is 10.1. The standard InChI is InChI=1S/C10H11O.C4H9.Al.H/c11-9-5-4-8-10-6-2-1-3-7-10;1-3-4-2;;/h1-3,6-7H,4-5,8H2;1,3-4H2,2H3;;. The van der Waals surface area contributed by atoms with Crippen molar-refractivity contribution in [1.82, 2.24) is 0 Å². The van der Waals surface area contributed by atoms with E-state index in [4.69, 9.17) is 0 Å². The molecular weight excluding hydrogens is 211 g/mol. The Bertz CT molecular complexity index is 295. The van der Waals surface area contributed by atoms with Gasteiger partial charge in [-0.25, -0.2) is 0 Å². The van der Waals surface area contributed by atoms with Crippen LogP contribution < -0.4 is 0 Å². The van der Waals surface area contributed by atoms with Crippen molar-refractivity contribution in [3.05, 3.63) is 35.9 Å². The van der Waals surface area contributed by atoms with Crippen LogP contribution in [0.15, 0.2) is 30.3 Å². The minimum absolute atomic E-state index is 0.414. The number of hydrogen-bond donors (Lipinski definition) is 0. The molecule has 1 nitrogen and oxygen atoms in total. The first kappa shape index (κ1) is 13.5. The van der Waals surface area contributed by atoms with Crippen LogP contribution in [0.1, 0.15) is 38.2 Å². The van der Waals surface area contributed by atoms with Gasteiger partial charge in [0.25, 0.3) is 0 Å². The largest absolute Gasteiger partial charge is 0.342 e. The van der Waals surface area contributed by atoms with Crippen LogP contribution >= 0.6 is 0 Å². The molecule has 1 rings (SSSR count). The van der Waals surface area contributed by atoms with Gasteiger partial charge in [-0.3, -0.25) is 0 Å². The minimum atomic E-state index is -0.414. The first-order valence-electron chi connectivity index (χ1n) is 6.38. The zero-order valence-electron chi connectivity index (χ0n) is 10.2. The van der Waals surface area contributed by atoms with E-state index in [2.05, 4.69) is 31.2 Å². The fraction of sp³-hybridized carbons (Fsp3) is 0.500. The second-order valence-electron chi connectivity index (χ2n) is 4.33. The number of rotatable bonds is 8. The van der Waals surface area contributed by atoms with E-state index in [0.717, 1.165) is 19.3 Å². The molecule has 0 heterocycles. The summed E-state index contributed by atoms with van der Waals surface area (Å²) in [7, 11) is 0. The highest BCUT2D eigenvalue weighted by molar-refractivity contribution is 6.73. The number of aryl methyl sites for hydroxylation is 1. The Morgan fingerprint density at radius 1 is 1.19 bits per heavy atom.